The summed E-state index contributed by atoms with van der Waals surface area (Å²) in [5, 5.41) is 0. The van der Waals surface area contributed by atoms with Crippen LogP contribution in [0.1, 0.15) is 24.2 Å². The van der Waals surface area contributed by atoms with Crippen LogP contribution in [0.4, 0.5) is 5.82 Å². The molecule has 2 N–H and O–H groups in total. The van der Waals surface area contributed by atoms with Gasteiger partial charge in [-0.3, -0.25) is 9.69 Å². The standard InChI is InChI=1S/C17H24N4O3S/c1-12(2)5-6-20-7-8-21(15-11-25(23,24)10-14(15)20)17(22)13-3-4-16(18)19-9-13/h3-5,9,14-15H,6-8,10-11H2,1-2H3,(H2,18,19)/t14-,15+/m1/s1. The summed E-state index contributed by atoms with van der Waals surface area (Å²) in [5.74, 6) is 0.306. The highest BCUT2D eigenvalue weighted by Crippen LogP contribution is 2.28. The summed E-state index contributed by atoms with van der Waals surface area (Å²) in [6.07, 6.45) is 3.55. The van der Waals surface area contributed by atoms with E-state index in [1.807, 2.05) is 13.8 Å². The van der Waals surface area contributed by atoms with Gasteiger partial charge in [-0.25, -0.2) is 13.4 Å². The summed E-state index contributed by atoms with van der Waals surface area (Å²) < 4.78 is 24.4. The second kappa shape index (κ2) is 6.76. The zero-order valence-corrected chi connectivity index (χ0v) is 15.4. The summed E-state index contributed by atoms with van der Waals surface area (Å²) in [7, 11) is -3.15. The Balaban J connectivity index is 1.84. The van der Waals surface area contributed by atoms with Gasteiger partial charge in [-0.15, -0.1) is 0 Å². The normalized spacial score (nSPS) is 25.4. The van der Waals surface area contributed by atoms with Crippen molar-refractivity contribution in [1.82, 2.24) is 14.8 Å². The van der Waals surface area contributed by atoms with E-state index in [9.17, 15) is 13.2 Å². The van der Waals surface area contributed by atoms with Crippen molar-refractivity contribution in [2.24, 2.45) is 0 Å². The molecular weight excluding hydrogens is 340 g/mol. The summed E-state index contributed by atoms with van der Waals surface area (Å²) >= 11 is 0. The largest absolute Gasteiger partial charge is 0.384 e. The monoisotopic (exact) mass is 364 g/mol. The van der Waals surface area contributed by atoms with Crippen LogP contribution in [0.2, 0.25) is 0 Å². The third kappa shape index (κ3) is 3.85. The molecule has 1 aromatic rings. The lowest BCUT2D eigenvalue weighted by molar-refractivity contribution is 0.0368. The Labute approximate surface area is 148 Å². The maximum Gasteiger partial charge on any atom is 0.255 e. The maximum atomic E-state index is 12.9. The van der Waals surface area contributed by atoms with E-state index in [0.717, 1.165) is 0 Å². The minimum absolute atomic E-state index is 0.0249. The lowest BCUT2D eigenvalue weighted by Crippen LogP contribution is -2.60. The molecule has 1 amide bonds. The average molecular weight is 364 g/mol. The smallest absolute Gasteiger partial charge is 0.255 e. The van der Waals surface area contributed by atoms with Crippen LogP contribution in [0.5, 0.6) is 0 Å². The van der Waals surface area contributed by atoms with E-state index >= 15 is 0 Å². The number of carbonyl (C=O) groups is 1. The maximum absolute atomic E-state index is 12.9. The average Bonchev–Trinajstić information content (AvgIpc) is 2.87. The van der Waals surface area contributed by atoms with Crippen LogP contribution >= 0.6 is 0 Å². The molecular formula is C17H24N4O3S. The second-order valence-corrected chi connectivity index (χ2v) is 9.11. The highest BCUT2D eigenvalue weighted by atomic mass is 32.2. The van der Waals surface area contributed by atoms with Crippen molar-refractivity contribution in [3.63, 3.8) is 0 Å². The van der Waals surface area contributed by atoms with Crippen molar-refractivity contribution in [1.29, 1.82) is 0 Å². The number of amides is 1. The first-order valence-corrected chi connectivity index (χ1v) is 10.2. The van der Waals surface area contributed by atoms with Crippen molar-refractivity contribution in [2.75, 3.05) is 36.9 Å². The first kappa shape index (κ1) is 17.9. The molecule has 0 saturated carbocycles. The molecule has 0 aromatic carbocycles. The van der Waals surface area contributed by atoms with E-state index in [2.05, 4.69) is 16.0 Å². The quantitative estimate of drug-likeness (QED) is 0.787. The van der Waals surface area contributed by atoms with Crippen LogP contribution < -0.4 is 5.73 Å². The number of carbonyl (C=O) groups excluding carboxylic acids is 1. The lowest BCUT2D eigenvalue weighted by atomic mass is 10.0. The number of allylic oxidation sites excluding steroid dienone is 1. The zero-order chi connectivity index (χ0) is 18.2. The number of rotatable bonds is 3. The minimum atomic E-state index is -3.15. The molecule has 0 radical (unpaired) electrons. The number of nitrogen functional groups attached to an aromatic ring is 1. The van der Waals surface area contributed by atoms with Crippen LogP contribution in [0.15, 0.2) is 30.0 Å². The van der Waals surface area contributed by atoms with E-state index in [0.29, 0.717) is 31.0 Å². The summed E-state index contributed by atoms with van der Waals surface area (Å²) in [4.78, 5) is 20.7. The number of anilines is 1. The van der Waals surface area contributed by atoms with Crippen LogP contribution in [0.3, 0.4) is 0 Å². The summed E-state index contributed by atoms with van der Waals surface area (Å²) in [5.41, 5.74) is 7.21. The predicted molar refractivity (Wildman–Crippen MR) is 96.9 cm³/mol. The van der Waals surface area contributed by atoms with Crippen LogP contribution in [0.25, 0.3) is 0 Å². The number of fused-ring (bicyclic) bond motifs is 1. The molecule has 7 nitrogen and oxygen atoms in total. The number of nitrogens with zero attached hydrogens (tertiary/aromatic N) is 3. The Hall–Kier alpha value is -1.93. The van der Waals surface area contributed by atoms with Crippen LogP contribution in [-0.2, 0) is 9.84 Å². The fourth-order valence-electron chi connectivity index (χ4n) is 3.50. The van der Waals surface area contributed by atoms with Crippen LogP contribution in [-0.4, -0.2) is 72.3 Å². The van der Waals surface area contributed by atoms with Crippen molar-refractivity contribution in [2.45, 2.75) is 25.9 Å². The molecule has 0 unspecified atom stereocenters. The van der Waals surface area contributed by atoms with Crippen molar-refractivity contribution in [3.05, 3.63) is 35.5 Å². The number of hydrogen-bond donors (Lipinski definition) is 1. The molecule has 2 saturated heterocycles. The van der Waals surface area contributed by atoms with E-state index in [-0.39, 0.29) is 29.5 Å². The summed E-state index contributed by atoms with van der Waals surface area (Å²) in [6, 6.07) is 2.76. The number of pyridine rings is 1. The molecule has 3 rings (SSSR count). The number of sulfone groups is 1. The van der Waals surface area contributed by atoms with Gasteiger partial charge in [0.15, 0.2) is 9.84 Å². The molecule has 25 heavy (non-hydrogen) atoms. The Kier molecular flexibility index (Phi) is 4.83. The van der Waals surface area contributed by atoms with Crippen molar-refractivity contribution < 1.29 is 13.2 Å². The Bertz CT molecular complexity index is 785. The van der Waals surface area contributed by atoms with Crippen molar-refractivity contribution in [3.8, 4) is 0 Å². The number of nitrogens with two attached hydrogens (primary N) is 1. The SMILES string of the molecule is CC(C)=CCN1CCN(C(=O)c2ccc(N)nc2)[C@H]2CS(=O)(=O)C[C@H]21. The first-order valence-electron chi connectivity index (χ1n) is 8.37. The lowest BCUT2D eigenvalue weighted by Gasteiger charge is -2.43. The molecule has 3 heterocycles. The molecule has 0 aliphatic carbocycles. The molecule has 2 aliphatic heterocycles. The molecule has 1 aromatic heterocycles. The van der Waals surface area contributed by atoms with Gasteiger partial charge < -0.3 is 10.6 Å². The van der Waals surface area contributed by atoms with Gasteiger partial charge in [0, 0.05) is 31.9 Å². The number of aromatic nitrogens is 1. The molecule has 136 valence electrons. The highest BCUT2D eigenvalue weighted by Gasteiger charge is 2.47. The fourth-order valence-corrected chi connectivity index (χ4v) is 5.51. The van der Waals surface area contributed by atoms with Gasteiger partial charge in [-0.2, -0.15) is 0 Å². The van der Waals surface area contributed by atoms with Gasteiger partial charge in [-0.1, -0.05) is 11.6 Å². The van der Waals surface area contributed by atoms with Gasteiger partial charge in [-0.05, 0) is 26.0 Å². The Morgan fingerprint density at radius 1 is 1.28 bits per heavy atom. The van der Waals surface area contributed by atoms with E-state index in [1.165, 1.54) is 11.8 Å². The zero-order valence-electron chi connectivity index (χ0n) is 14.6. The fraction of sp³-hybridized carbons (Fsp3) is 0.529. The van der Waals surface area contributed by atoms with Gasteiger partial charge >= 0.3 is 0 Å². The number of hydrogen-bond acceptors (Lipinski definition) is 6. The van der Waals surface area contributed by atoms with E-state index < -0.39 is 9.84 Å². The molecule has 2 atom stereocenters. The van der Waals surface area contributed by atoms with Crippen LogP contribution in [0, 0.1) is 0 Å². The molecule has 2 aliphatic rings. The summed E-state index contributed by atoms with van der Waals surface area (Å²) in [6.45, 7) is 5.93. The van der Waals surface area contributed by atoms with E-state index in [1.54, 1.807) is 17.0 Å². The van der Waals surface area contributed by atoms with Gasteiger partial charge in [0.25, 0.3) is 5.91 Å². The predicted octanol–water partition coefficient (Wildman–Crippen LogP) is 0.553. The Morgan fingerprint density at radius 2 is 2.00 bits per heavy atom. The Morgan fingerprint density at radius 3 is 2.64 bits per heavy atom. The van der Waals surface area contributed by atoms with Crippen molar-refractivity contribution >= 4 is 21.6 Å². The molecule has 2 fully saturated rings. The molecule has 8 heteroatoms. The first-order chi connectivity index (χ1) is 11.8. The third-order valence-electron chi connectivity index (χ3n) is 4.82. The van der Waals surface area contributed by atoms with E-state index in [4.69, 9.17) is 5.73 Å². The third-order valence-corrected chi connectivity index (χ3v) is 6.52. The highest BCUT2D eigenvalue weighted by molar-refractivity contribution is 7.91. The number of piperazine rings is 1. The second-order valence-electron chi connectivity index (χ2n) is 6.96. The van der Waals surface area contributed by atoms with Gasteiger partial charge in [0.05, 0.1) is 23.1 Å². The minimum Gasteiger partial charge on any atom is -0.384 e. The topological polar surface area (TPSA) is 96.6 Å². The molecule has 0 bridgehead atoms. The van der Waals surface area contributed by atoms with Gasteiger partial charge in [0.2, 0.25) is 0 Å². The molecule has 0 spiro atoms. The van der Waals surface area contributed by atoms with Gasteiger partial charge in [0.1, 0.15) is 5.82 Å².